The van der Waals surface area contributed by atoms with Gasteiger partial charge in [0.05, 0.1) is 12.5 Å². The van der Waals surface area contributed by atoms with Gasteiger partial charge in [-0.3, -0.25) is 9.59 Å². The zero-order valence-electron chi connectivity index (χ0n) is 9.01. The fourth-order valence-electron chi connectivity index (χ4n) is 1.04. The first-order valence-corrected chi connectivity index (χ1v) is 4.68. The summed E-state index contributed by atoms with van der Waals surface area (Å²) in [6.45, 7) is 2.59. The molecule has 0 radical (unpaired) electrons. The molecule has 0 aromatic rings. The number of carbonyl (C=O) groups excluding carboxylic acids is 1. The number of carbonyl (C=O) groups is 3. The highest BCUT2D eigenvalue weighted by Crippen LogP contribution is 2.03. The van der Waals surface area contributed by atoms with E-state index in [1.54, 1.807) is 0 Å². The van der Waals surface area contributed by atoms with Crippen molar-refractivity contribution in [1.29, 1.82) is 0 Å². The number of hydrogen-bond acceptors (Lipinski definition) is 4. The van der Waals surface area contributed by atoms with Crippen LogP contribution in [-0.4, -0.2) is 45.3 Å². The summed E-state index contributed by atoms with van der Waals surface area (Å²) < 4.78 is 0. The fourth-order valence-corrected chi connectivity index (χ4v) is 1.04. The molecule has 0 spiro atoms. The SMILES string of the molecule is CC(CC(=O)O)C(=O)N[C@H](C(=O)O)C(C)O. The fraction of sp³-hybridized carbons (Fsp3) is 0.667. The molecule has 0 saturated carbocycles. The van der Waals surface area contributed by atoms with Crippen molar-refractivity contribution in [3.8, 4) is 0 Å². The number of carboxylic acid groups (broad SMARTS) is 2. The van der Waals surface area contributed by atoms with Crippen LogP contribution in [0.2, 0.25) is 0 Å². The maximum atomic E-state index is 11.3. The minimum Gasteiger partial charge on any atom is -0.481 e. The molecular formula is C9H15NO6. The van der Waals surface area contributed by atoms with Crippen LogP contribution in [-0.2, 0) is 14.4 Å². The van der Waals surface area contributed by atoms with Gasteiger partial charge in [0, 0.05) is 5.92 Å². The van der Waals surface area contributed by atoms with Crippen LogP contribution >= 0.6 is 0 Å². The standard InChI is InChI=1S/C9H15NO6/c1-4(3-6(12)13)8(14)10-7(5(2)11)9(15)16/h4-5,7,11H,3H2,1-2H3,(H,10,14)(H,12,13)(H,15,16)/t4?,5?,7-/m0/s1. The van der Waals surface area contributed by atoms with Gasteiger partial charge < -0.3 is 20.6 Å². The molecule has 0 aromatic heterocycles. The largest absolute Gasteiger partial charge is 0.481 e. The molecule has 0 fully saturated rings. The highest BCUT2D eigenvalue weighted by Gasteiger charge is 2.27. The van der Waals surface area contributed by atoms with Crippen LogP contribution in [0.3, 0.4) is 0 Å². The zero-order chi connectivity index (χ0) is 12.9. The predicted molar refractivity (Wildman–Crippen MR) is 52.7 cm³/mol. The Kier molecular flexibility index (Phi) is 5.44. The molecule has 7 heteroatoms. The maximum Gasteiger partial charge on any atom is 0.328 e. The third-order valence-corrected chi connectivity index (χ3v) is 1.97. The van der Waals surface area contributed by atoms with Gasteiger partial charge in [-0.05, 0) is 6.92 Å². The van der Waals surface area contributed by atoms with E-state index in [9.17, 15) is 14.4 Å². The summed E-state index contributed by atoms with van der Waals surface area (Å²) in [4.78, 5) is 32.3. The van der Waals surface area contributed by atoms with Crippen LogP contribution in [0.25, 0.3) is 0 Å². The molecule has 92 valence electrons. The van der Waals surface area contributed by atoms with Gasteiger partial charge in [-0.1, -0.05) is 6.92 Å². The van der Waals surface area contributed by atoms with E-state index in [2.05, 4.69) is 5.32 Å². The van der Waals surface area contributed by atoms with Crippen LogP contribution in [0.5, 0.6) is 0 Å². The molecule has 0 rings (SSSR count). The van der Waals surface area contributed by atoms with E-state index in [1.807, 2.05) is 0 Å². The molecule has 3 atom stereocenters. The number of nitrogens with one attached hydrogen (secondary N) is 1. The quantitative estimate of drug-likeness (QED) is 0.468. The first-order chi connectivity index (χ1) is 7.25. The van der Waals surface area contributed by atoms with Crippen molar-refractivity contribution in [2.45, 2.75) is 32.4 Å². The molecule has 0 saturated heterocycles. The Bertz CT molecular complexity index is 288. The van der Waals surface area contributed by atoms with Gasteiger partial charge in [0.1, 0.15) is 0 Å². The van der Waals surface area contributed by atoms with Crippen molar-refractivity contribution in [1.82, 2.24) is 5.32 Å². The summed E-state index contributed by atoms with van der Waals surface area (Å²) in [5.41, 5.74) is 0. The summed E-state index contributed by atoms with van der Waals surface area (Å²) in [6.07, 6.45) is -1.64. The third-order valence-electron chi connectivity index (χ3n) is 1.97. The molecule has 0 bridgehead atoms. The molecule has 0 aliphatic carbocycles. The lowest BCUT2D eigenvalue weighted by atomic mass is 10.1. The molecule has 7 nitrogen and oxygen atoms in total. The average molecular weight is 233 g/mol. The Hall–Kier alpha value is -1.63. The molecule has 2 unspecified atom stereocenters. The molecular weight excluding hydrogens is 218 g/mol. The Balaban J connectivity index is 4.40. The number of rotatable bonds is 6. The number of aliphatic hydroxyl groups excluding tert-OH is 1. The topological polar surface area (TPSA) is 124 Å². The number of amides is 1. The average Bonchev–Trinajstić information content (AvgIpc) is 2.11. The lowest BCUT2D eigenvalue weighted by Crippen LogP contribution is -2.49. The lowest BCUT2D eigenvalue weighted by Gasteiger charge is -2.19. The van der Waals surface area contributed by atoms with E-state index in [0.717, 1.165) is 0 Å². The highest BCUT2D eigenvalue weighted by atomic mass is 16.4. The van der Waals surface area contributed by atoms with E-state index in [-0.39, 0.29) is 0 Å². The predicted octanol–water partition coefficient (Wildman–Crippen LogP) is -0.953. The van der Waals surface area contributed by atoms with Crippen LogP contribution in [0.1, 0.15) is 20.3 Å². The van der Waals surface area contributed by atoms with Crippen molar-refractivity contribution in [3.63, 3.8) is 0 Å². The number of carboxylic acids is 2. The van der Waals surface area contributed by atoms with Gasteiger partial charge in [-0.2, -0.15) is 0 Å². The van der Waals surface area contributed by atoms with Crippen molar-refractivity contribution in [2.24, 2.45) is 5.92 Å². The van der Waals surface area contributed by atoms with Crippen LogP contribution < -0.4 is 5.32 Å². The Morgan fingerprint density at radius 3 is 2.00 bits per heavy atom. The smallest absolute Gasteiger partial charge is 0.328 e. The number of aliphatic carboxylic acids is 2. The maximum absolute atomic E-state index is 11.3. The molecule has 1 amide bonds. The monoisotopic (exact) mass is 233 g/mol. The highest BCUT2D eigenvalue weighted by molar-refractivity contribution is 5.87. The van der Waals surface area contributed by atoms with Crippen LogP contribution in [0.4, 0.5) is 0 Å². The van der Waals surface area contributed by atoms with E-state index in [1.165, 1.54) is 13.8 Å². The van der Waals surface area contributed by atoms with E-state index < -0.39 is 42.3 Å². The van der Waals surface area contributed by atoms with Gasteiger partial charge in [0.25, 0.3) is 0 Å². The summed E-state index contributed by atoms with van der Waals surface area (Å²) >= 11 is 0. The number of hydrogen-bond donors (Lipinski definition) is 4. The van der Waals surface area contributed by atoms with Gasteiger partial charge in [0.15, 0.2) is 6.04 Å². The lowest BCUT2D eigenvalue weighted by molar-refractivity contribution is -0.146. The number of aliphatic hydroxyl groups is 1. The first kappa shape index (κ1) is 14.4. The van der Waals surface area contributed by atoms with Gasteiger partial charge >= 0.3 is 11.9 Å². The van der Waals surface area contributed by atoms with Gasteiger partial charge in [-0.25, -0.2) is 4.79 Å². The summed E-state index contributed by atoms with van der Waals surface area (Å²) in [6, 6.07) is -1.43. The molecule has 4 N–H and O–H groups in total. The zero-order valence-corrected chi connectivity index (χ0v) is 9.01. The second kappa shape index (κ2) is 6.06. The van der Waals surface area contributed by atoms with Gasteiger partial charge in [0.2, 0.25) is 5.91 Å². The summed E-state index contributed by atoms with van der Waals surface area (Å²) in [5, 5.41) is 28.3. The summed E-state index contributed by atoms with van der Waals surface area (Å²) in [7, 11) is 0. The normalized spacial score (nSPS) is 15.9. The van der Waals surface area contributed by atoms with E-state index in [0.29, 0.717) is 0 Å². The van der Waals surface area contributed by atoms with Gasteiger partial charge in [-0.15, -0.1) is 0 Å². The second-order valence-corrected chi connectivity index (χ2v) is 3.56. The Morgan fingerprint density at radius 2 is 1.69 bits per heavy atom. The van der Waals surface area contributed by atoms with Crippen molar-refractivity contribution < 1.29 is 29.7 Å². The first-order valence-electron chi connectivity index (χ1n) is 4.68. The second-order valence-electron chi connectivity index (χ2n) is 3.56. The molecule has 0 aromatic carbocycles. The van der Waals surface area contributed by atoms with Crippen LogP contribution in [0.15, 0.2) is 0 Å². The third kappa shape index (κ3) is 4.74. The van der Waals surface area contributed by atoms with Crippen molar-refractivity contribution >= 4 is 17.8 Å². The Labute approximate surface area is 92.1 Å². The molecule has 0 aliphatic heterocycles. The minimum atomic E-state index is -1.43. The van der Waals surface area contributed by atoms with E-state index in [4.69, 9.17) is 15.3 Å². The van der Waals surface area contributed by atoms with Crippen molar-refractivity contribution in [3.05, 3.63) is 0 Å². The Morgan fingerprint density at radius 1 is 1.19 bits per heavy atom. The molecule has 16 heavy (non-hydrogen) atoms. The van der Waals surface area contributed by atoms with Crippen LogP contribution in [0, 0.1) is 5.92 Å². The molecule has 0 heterocycles. The molecule has 0 aliphatic rings. The minimum absolute atomic E-state index is 0.391. The van der Waals surface area contributed by atoms with Crippen molar-refractivity contribution in [2.75, 3.05) is 0 Å². The van der Waals surface area contributed by atoms with E-state index >= 15 is 0 Å². The summed E-state index contributed by atoms with van der Waals surface area (Å²) in [5.74, 6) is -4.08.